The highest BCUT2D eigenvalue weighted by atomic mass is 79.9. The number of nitrogens with one attached hydrogen (secondary N) is 1. The van der Waals surface area contributed by atoms with Crippen LogP contribution in [0.25, 0.3) is 0 Å². The van der Waals surface area contributed by atoms with Crippen LogP contribution in [0.3, 0.4) is 0 Å². The summed E-state index contributed by atoms with van der Waals surface area (Å²) in [6.45, 7) is 2.13. The van der Waals surface area contributed by atoms with Crippen molar-refractivity contribution < 1.29 is 13.9 Å². The maximum absolute atomic E-state index is 13.6. The highest BCUT2D eigenvalue weighted by molar-refractivity contribution is 9.10. The average Bonchev–Trinajstić information content (AvgIpc) is 2.44. The minimum Gasteiger partial charge on any atom is -0.387 e. The third kappa shape index (κ3) is 4.33. The van der Waals surface area contributed by atoms with Crippen molar-refractivity contribution in [3.05, 3.63) is 69.7 Å². The van der Waals surface area contributed by atoms with Gasteiger partial charge in [-0.05, 0) is 30.7 Å². The summed E-state index contributed by atoms with van der Waals surface area (Å²) in [5.41, 5.74) is 1.14. The molecule has 0 aliphatic rings. The van der Waals surface area contributed by atoms with Gasteiger partial charge in [0.05, 0.1) is 6.10 Å². The molecule has 0 bridgehead atoms. The van der Waals surface area contributed by atoms with Gasteiger partial charge in [-0.15, -0.1) is 0 Å². The molecule has 2 nitrogen and oxygen atoms in total. The molecule has 2 aromatic carbocycles. The Morgan fingerprint density at radius 2 is 1.95 bits per heavy atom. The van der Waals surface area contributed by atoms with E-state index in [1.165, 1.54) is 6.07 Å². The molecule has 0 spiro atoms. The lowest BCUT2D eigenvalue weighted by Gasteiger charge is -2.18. The number of hydrogen-bond acceptors (Lipinski definition) is 2. The van der Waals surface area contributed by atoms with E-state index < -0.39 is 17.7 Å². The summed E-state index contributed by atoms with van der Waals surface area (Å²) < 4.78 is 27.4. The van der Waals surface area contributed by atoms with Crippen molar-refractivity contribution in [2.24, 2.45) is 0 Å². The summed E-state index contributed by atoms with van der Waals surface area (Å²) in [6, 6.07) is 11.0. The summed E-state index contributed by atoms with van der Waals surface area (Å²) in [7, 11) is 0. The van der Waals surface area contributed by atoms with Crippen molar-refractivity contribution in [2.45, 2.75) is 19.1 Å². The number of aliphatic hydroxyl groups excluding tert-OH is 1. The molecule has 0 aliphatic heterocycles. The van der Waals surface area contributed by atoms with Crippen molar-refractivity contribution in [3.8, 4) is 0 Å². The molecular formula is C16H16BrF2NO. The first-order valence-corrected chi connectivity index (χ1v) is 7.38. The zero-order valence-corrected chi connectivity index (χ0v) is 13.1. The van der Waals surface area contributed by atoms with E-state index in [1.807, 2.05) is 31.2 Å². The fourth-order valence-corrected chi connectivity index (χ4v) is 2.48. The normalized spacial score (nSPS) is 14.0. The molecule has 2 atom stereocenters. The Labute approximate surface area is 130 Å². The molecule has 2 aromatic rings. The summed E-state index contributed by atoms with van der Waals surface area (Å²) >= 11 is 3.40. The summed E-state index contributed by atoms with van der Waals surface area (Å²) in [4.78, 5) is 0. The van der Waals surface area contributed by atoms with Gasteiger partial charge in [0.15, 0.2) is 0 Å². The molecule has 2 unspecified atom stereocenters. The third-order valence-electron chi connectivity index (χ3n) is 3.29. The molecule has 0 heterocycles. The van der Waals surface area contributed by atoms with Crippen LogP contribution in [0.4, 0.5) is 8.78 Å². The largest absolute Gasteiger partial charge is 0.387 e. The van der Waals surface area contributed by atoms with Gasteiger partial charge >= 0.3 is 0 Å². The van der Waals surface area contributed by atoms with Gasteiger partial charge in [0.25, 0.3) is 0 Å². The first-order valence-electron chi connectivity index (χ1n) is 6.59. The molecule has 0 amide bonds. The number of rotatable bonds is 5. The molecule has 0 aromatic heterocycles. The SMILES string of the molecule is CC(NCC(O)c1ccc(F)cc1F)c1cccc(Br)c1. The monoisotopic (exact) mass is 355 g/mol. The van der Waals surface area contributed by atoms with Crippen LogP contribution in [-0.2, 0) is 0 Å². The van der Waals surface area contributed by atoms with Gasteiger partial charge in [0.2, 0.25) is 0 Å². The number of benzene rings is 2. The predicted octanol–water partition coefficient (Wildman–Crippen LogP) is 4.11. The van der Waals surface area contributed by atoms with E-state index >= 15 is 0 Å². The maximum atomic E-state index is 13.6. The third-order valence-corrected chi connectivity index (χ3v) is 3.78. The van der Waals surface area contributed by atoms with Gasteiger partial charge in [0, 0.05) is 28.7 Å². The molecule has 2 N–H and O–H groups in total. The van der Waals surface area contributed by atoms with Crippen LogP contribution in [0, 0.1) is 11.6 Å². The quantitative estimate of drug-likeness (QED) is 0.845. The highest BCUT2D eigenvalue weighted by Crippen LogP contribution is 2.20. The standard InChI is InChI=1S/C16H16BrF2NO/c1-10(11-3-2-4-12(17)7-11)20-9-16(21)14-6-5-13(18)8-15(14)19/h2-8,10,16,20-21H,9H2,1H3. The zero-order valence-electron chi connectivity index (χ0n) is 11.5. The number of hydrogen-bond donors (Lipinski definition) is 2. The van der Waals surface area contributed by atoms with E-state index in [0.717, 1.165) is 22.2 Å². The summed E-state index contributed by atoms with van der Waals surface area (Å²) in [5, 5.41) is 13.1. The smallest absolute Gasteiger partial charge is 0.131 e. The van der Waals surface area contributed by atoms with E-state index in [2.05, 4.69) is 21.2 Å². The van der Waals surface area contributed by atoms with Crippen LogP contribution >= 0.6 is 15.9 Å². The van der Waals surface area contributed by atoms with Crippen LogP contribution in [0.1, 0.15) is 30.2 Å². The van der Waals surface area contributed by atoms with Gasteiger partial charge in [-0.1, -0.05) is 34.1 Å². The van der Waals surface area contributed by atoms with Gasteiger partial charge in [-0.2, -0.15) is 0 Å². The molecule has 0 fully saturated rings. The van der Waals surface area contributed by atoms with Gasteiger partial charge < -0.3 is 10.4 Å². The second kappa shape index (κ2) is 7.11. The van der Waals surface area contributed by atoms with Crippen LogP contribution in [-0.4, -0.2) is 11.7 Å². The fourth-order valence-electron chi connectivity index (χ4n) is 2.06. The molecule has 21 heavy (non-hydrogen) atoms. The van der Waals surface area contributed by atoms with Crippen LogP contribution in [0.5, 0.6) is 0 Å². The molecule has 5 heteroatoms. The first kappa shape index (κ1) is 16.1. The molecule has 0 aliphatic carbocycles. The van der Waals surface area contributed by atoms with E-state index in [4.69, 9.17) is 0 Å². The maximum Gasteiger partial charge on any atom is 0.131 e. The second-order valence-corrected chi connectivity index (χ2v) is 5.78. The van der Waals surface area contributed by atoms with Crippen LogP contribution in [0.2, 0.25) is 0 Å². The Kier molecular flexibility index (Phi) is 5.45. The second-order valence-electron chi connectivity index (χ2n) is 4.87. The minimum absolute atomic E-state index is 0.000611. The van der Waals surface area contributed by atoms with Gasteiger partial charge in [0.1, 0.15) is 11.6 Å². The van der Waals surface area contributed by atoms with Crippen molar-refractivity contribution in [2.75, 3.05) is 6.54 Å². The van der Waals surface area contributed by atoms with E-state index in [9.17, 15) is 13.9 Å². The Morgan fingerprint density at radius 3 is 2.62 bits per heavy atom. The number of aliphatic hydroxyl groups is 1. The van der Waals surface area contributed by atoms with Crippen LogP contribution in [0.15, 0.2) is 46.9 Å². The van der Waals surface area contributed by atoms with E-state index in [0.29, 0.717) is 0 Å². The Balaban J connectivity index is 1.99. The van der Waals surface area contributed by atoms with Crippen molar-refractivity contribution in [3.63, 3.8) is 0 Å². The minimum atomic E-state index is -1.03. The lowest BCUT2D eigenvalue weighted by molar-refractivity contribution is 0.166. The van der Waals surface area contributed by atoms with E-state index in [1.54, 1.807) is 0 Å². The van der Waals surface area contributed by atoms with Crippen LogP contribution < -0.4 is 5.32 Å². The number of halogens is 3. The average molecular weight is 356 g/mol. The molecule has 0 saturated carbocycles. The summed E-state index contributed by atoms with van der Waals surface area (Å²) in [6.07, 6.45) is -1.03. The van der Waals surface area contributed by atoms with E-state index in [-0.39, 0.29) is 18.2 Å². The Morgan fingerprint density at radius 1 is 1.19 bits per heavy atom. The topological polar surface area (TPSA) is 32.3 Å². The first-order chi connectivity index (χ1) is 9.97. The van der Waals surface area contributed by atoms with Crippen molar-refractivity contribution in [1.82, 2.24) is 5.32 Å². The Hall–Kier alpha value is -1.30. The fraction of sp³-hybridized carbons (Fsp3) is 0.250. The Bertz CT molecular complexity index is 621. The molecule has 112 valence electrons. The molecule has 0 saturated heterocycles. The molecular weight excluding hydrogens is 340 g/mol. The highest BCUT2D eigenvalue weighted by Gasteiger charge is 2.15. The van der Waals surface area contributed by atoms with Gasteiger partial charge in [-0.25, -0.2) is 8.78 Å². The summed E-state index contributed by atoms with van der Waals surface area (Å²) in [5.74, 6) is -1.39. The van der Waals surface area contributed by atoms with Gasteiger partial charge in [-0.3, -0.25) is 0 Å². The molecule has 0 radical (unpaired) electrons. The molecule has 2 rings (SSSR count). The lowest BCUT2D eigenvalue weighted by atomic mass is 10.1. The zero-order chi connectivity index (χ0) is 15.4. The van der Waals surface area contributed by atoms with Crippen molar-refractivity contribution in [1.29, 1.82) is 0 Å². The lowest BCUT2D eigenvalue weighted by Crippen LogP contribution is -2.25. The predicted molar refractivity (Wildman–Crippen MR) is 81.9 cm³/mol. The van der Waals surface area contributed by atoms with Crippen molar-refractivity contribution >= 4 is 15.9 Å².